The van der Waals surface area contributed by atoms with Crippen LogP contribution < -0.4 is 0 Å². The molecule has 0 aromatic rings. The Morgan fingerprint density at radius 1 is 1.56 bits per heavy atom. The van der Waals surface area contributed by atoms with Crippen molar-refractivity contribution < 1.29 is 14.3 Å². The second kappa shape index (κ2) is 3.89. The standard InChI is InChI=1S/C12H15NO3/c1-8-6-10(14)12(7-8)9(2-4-13)3-5-16-11(12)15/h8-9H,2-3,5-7H2,1H3/t8?,9-,12-/m1/s1. The van der Waals surface area contributed by atoms with E-state index in [0.717, 1.165) is 0 Å². The molecule has 2 fully saturated rings. The molecule has 0 aromatic carbocycles. The first kappa shape index (κ1) is 11.1. The summed E-state index contributed by atoms with van der Waals surface area (Å²) in [7, 11) is 0. The van der Waals surface area contributed by atoms with Gasteiger partial charge in [-0.15, -0.1) is 0 Å². The number of esters is 1. The minimum atomic E-state index is -0.993. The first-order chi connectivity index (χ1) is 7.61. The van der Waals surface area contributed by atoms with E-state index in [-0.39, 0.29) is 24.0 Å². The van der Waals surface area contributed by atoms with E-state index in [2.05, 4.69) is 6.07 Å². The van der Waals surface area contributed by atoms with Gasteiger partial charge in [0.15, 0.2) is 5.78 Å². The molecule has 0 aromatic heterocycles. The number of rotatable bonds is 1. The number of nitriles is 1. The number of hydrogen-bond donors (Lipinski definition) is 0. The molecular formula is C12H15NO3. The van der Waals surface area contributed by atoms with E-state index >= 15 is 0 Å². The van der Waals surface area contributed by atoms with Crippen LogP contribution in [-0.4, -0.2) is 18.4 Å². The van der Waals surface area contributed by atoms with Crippen molar-refractivity contribution in [1.82, 2.24) is 0 Å². The third-order valence-corrected chi connectivity index (χ3v) is 3.80. The van der Waals surface area contributed by atoms with Crippen LogP contribution in [0.25, 0.3) is 0 Å². The molecule has 4 nitrogen and oxygen atoms in total. The van der Waals surface area contributed by atoms with Crippen LogP contribution in [0.2, 0.25) is 0 Å². The second-order valence-electron chi connectivity index (χ2n) is 4.89. The third-order valence-electron chi connectivity index (χ3n) is 3.80. The zero-order valence-electron chi connectivity index (χ0n) is 9.36. The van der Waals surface area contributed by atoms with Gasteiger partial charge < -0.3 is 4.74 Å². The van der Waals surface area contributed by atoms with Crippen LogP contribution in [0.5, 0.6) is 0 Å². The van der Waals surface area contributed by atoms with E-state index in [1.165, 1.54) is 0 Å². The van der Waals surface area contributed by atoms with Gasteiger partial charge in [0, 0.05) is 12.8 Å². The Morgan fingerprint density at radius 2 is 2.31 bits per heavy atom. The molecule has 0 bridgehead atoms. The molecule has 1 aliphatic carbocycles. The molecule has 16 heavy (non-hydrogen) atoms. The van der Waals surface area contributed by atoms with Crippen molar-refractivity contribution >= 4 is 11.8 Å². The average Bonchev–Trinajstić information content (AvgIpc) is 2.51. The van der Waals surface area contributed by atoms with Gasteiger partial charge in [0.2, 0.25) is 0 Å². The SMILES string of the molecule is CC1CC(=O)[C@]2(C1)C(=O)OCC[C@H]2CC#N. The maximum Gasteiger partial charge on any atom is 0.319 e. The fourth-order valence-corrected chi connectivity index (χ4v) is 3.05. The van der Waals surface area contributed by atoms with Crippen LogP contribution in [0.3, 0.4) is 0 Å². The van der Waals surface area contributed by atoms with Crippen LogP contribution in [0, 0.1) is 28.6 Å². The summed E-state index contributed by atoms with van der Waals surface area (Å²) in [5, 5.41) is 8.79. The highest BCUT2D eigenvalue weighted by molar-refractivity contribution is 6.06. The Kier molecular flexibility index (Phi) is 2.71. The monoisotopic (exact) mass is 221 g/mol. The highest BCUT2D eigenvalue weighted by Crippen LogP contribution is 2.49. The van der Waals surface area contributed by atoms with Crippen molar-refractivity contribution in [3.63, 3.8) is 0 Å². The minimum absolute atomic E-state index is 0.0232. The lowest BCUT2D eigenvalue weighted by molar-refractivity contribution is -0.170. The summed E-state index contributed by atoms with van der Waals surface area (Å²) < 4.78 is 5.04. The maximum atomic E-state index is 12.0. The normalized spacial score (nSPS) is 38.5. The maximum absolute atomic E-state index is 12.0. The molecule has 1 aliphatic heterocycles. The summed E-state index contributed by atoms with van der Waals surface area (Å²) in [6.07, 6.45) is 1.90. The van der Waals surface area contributed by atoms with Gasteiger partial charge in [0.1, 0.15) is 5.41 Å². The molecular weight excluding hydrogens is 206 g/mol. The van der Waals surface area contributed by atoms with E-state index in [9.17, 15) is 9.59 Å². The van der Waals surface area contributed by atoms with Gasteiger partial charge in [-0.3, -0.25) is 9.59 Å². The summed E-state index contributed by atoms with van der Waals surface area (Å²) in [5.41, 5.74) is -0.993. The first-order valence-corrected chi connectivity index (χ1v) is 5.68. The molecule has 0 amide bonds. The smallest absolute Gasteiger partial charge is 0.319 e. The fraction of sp³-hybridized carbons (Fsp3) is 0.750. The summed E-state index contributed by atoms with van der Waals surface area (Å²) >= 11 is 0. The number of ether oxygens (including phenoxy) is 1. The molecule has 1 saturated carbocycles. The lowest BCUT2D eigenvalue weighted by Gasteiger charge is -2.36. The summed E-state index contributed by atoms with van der Waals surface area (Å²) in [4.78, 5) is 24.0. The lowest BCUT2D eigenvalue weighted by atomic mass is 9.69. The second-order valence-corrected chi connectivity index (χ2v) is 4.89. The van der Waals surface area contributed by atoms with Crippen LogP contribution in [0.1, 0.15) is 32.6 Å². The number of hydrogen-bond acceptors (Lipinski definition) is 4. The van der Waals surface area contributed by atoms with Gasteiger partial charge >= 0.3 is 5.97 Å². The molecule has 1 unspecified atom stereocenters. The Balaban J connectivity index is 2.35. The quantitative estimate of drug-likeness (QED) is 0.496. The van der Waals surface area contributed by atoms with Crippen molar-refractivity contribution in [2.75, 3.05) is 6.61 Å². The largest absolute Gasteiger partial charge is 0.465 e. The Hall–Kier alpha value is -1.37. The van der Waals surface area contributed by atoms with E-state index in [1.54, 1.807) is 0 Å². The van der Waals surface area contributed by atoms with E-state index in [0.29, 0.717) is 25.9 Å². The van der Waals surface area contributed by atoms with Crippen molar-refractivity contribution in [2.45, 2.75) is 32.6 Å². The fourth-order valence-electron chi connectivity index (χ4n) is 3.05. The zero-order chi connectivity index (χ0) is 11.8. The summed E-state index contributed by atoms with van der Waals surface area (Å²) in [6, 6.07) is 2.08. The number of cyclic esters (lactones) is 1. The predicted molar refractivity (Wildman–Crippen MR) is 55.1 cm³/mol. The molecule has 2 aliphatic rings. The number of carbonyl (C=O) groups is 2. The summed E-state index contributed by atoms with van der Waals surface area (Å²) in [6.45, 7) is 2.31. The topological polar surface area (TPSA) is 67.2 Å². The molecule has 4 heteroatoms. The first-order valence-electron chi connectivity index (χ1n) is 5.68. The molecule has 86 valence electrons. The highest BCUT2D eigenvalue weighted by atomic mass is 16.5. The average molecular weight is 221 g/mol. The molecule has 0 radical (unpaired) electrons. The van der Waals surface area contributed by atoms with Crippen molar-refractivity contribution in [1.29, 1.82) is 5.26 Å². The number of ketones is 1. The molecule has 1 heterocycles. The van der Waals surface area contributed by atoms with Gasteiger partial charge in [-0.1, -0.05) is 6.92 Å². The summed E-state index contributed by atoms with van der Waals surface area (Å²) in [5.74, 6) is -0.339. The molecule has 0 N–H and O–H groups in total. The predicted octanol–water partition coefficient (Wildman–Crippen LogP) is 1.45. The van der Waals surface area contributed by atoms with Gasteiger partial charge in [-0.05, 0) is 24.7 Å². The van der Waals surface area contributed by atoms with E-state index in [4.69, 9.17) is 10.00 Å². The van der Waals surface area contributed by atoms with Gasteiger partial charge in [-0.2, -0.15) is 5.26 Å². The molecule has 3 atom stereocenters. The van der Waals surface area contributed by atoms with E-state index in [1.807, 2.05) is 6.92 Å². The Bertz CT molecular complexity index is 361. The van der Waals surface area contributed by atoms with Crippen LogP contribution in [0.4, 0.5) is 0 Å². The van der Waals surface area contributed by atoms with Crippen molar-refractivity contribution in [3.8, 4) is 6.07 Å². The van der Waals surface area contributed by atoms with Crippen LogP contribution in [-0.2, 0) is 14.3 Å². The number of nitrogens with zero attached hydrogens (tertiary/aromatic N) is 1. The van der Waals surface area contributed by atoms with Crippen molar-refractivity contribution in [2.24, 2.45) is 17.3 Å². The lowest BCUT2D eigenvalue weighted by Crippen LogP contribution is -2.47. The van der Waals surface area contributed by atoms with E-state index < -0.39 is 11.4 Å². The molecule has 1 saturated heterocycles. The molecule has 2 rings (SSSR count). The third kappa shape index (κ3) is 1.42. The van der Waals surface area contributed by atoms with Gasteiger partial charge in [-0.25, -0.2) is 0 Å². The van der Waals surface area contributed by atoms with Gasteiger partial charge in [0.25, 0.3) is 0 Å². The van der Waals surface area contributed by atoms with Crippen LogP contribution in [0.15, 0.2) is 0 Å². The highest BCUT2D eigenvalue weighted by Gasteiger charge is 2.58. The van der Waals surface area contributed by atoms with Crippen LogP contribution >= 0.6 is 0 Å². The van der Waals surface area contributed by atoms with Gasteiger partial charge in [0.05, 0.1) is 12.7 Å². The number of carbonyl (C=O) groups excluding carboxylic acids is 2. The zero-order valence-corrected chi connectivity index (χ0v) is 9.36. The minimum Gasteiger partial charge on any atom is -0.465 e. The molecule has 1 spiro atoms. The number of Topliss-reactive ketones (excluding diaryl/α,β-unsaturated/α-hetero) is 1. The van der Waals surface area contributed by atoms with Crippen molar-refractivity contribution in [3.05, 3.63) is 0 Å². The Labute approximate surface area is 94.6 Å². The Morgan fingerprint density at radius 3 is 2.88 bits per heavy atom.